The molecule has 0 radical (unpaired) electrons. The van der Waals surface area contributed by atoms with E-state index in [-0.39, 0.29) is 75.6 Å². The van der Waals surface area contributed by atoms with Crippen LogP contribution in [0, 0.1) is 0 Å². The van der Waals surface area contributed by atoms with Crippen LogP contribution in [0.2, 0.25) is 0 Å². The van der Waals surface area contributed by atoms with Crippen molar-refractivity contribution in [2.75, 3.05) is 19.8 Å². The molecule has 1 atom stereocenters. The van der Waals surface area contributed by atoms with E-state index >= 15 is 0 Å². The fraction of sp³-hybridized carbons (Fsp3) is 0.846. The van der Waals surface area contributed by atoms with Gasteiger partial charge in [0.2, 0.25) is 0 Å². The van der Waals surface area contributed by atoms with Crippen LogP contribution < -0.4 is 29.6 Å². The number of unbranched alkanes of at least 4 members (excludes halogenated alkanes) is 2. The van der Waals surface area contributed by atoms with Crippen LogP contribution in [0.1, 0.15) is 46.9 Å². The summed E-state index contributed by atoms with van der Waals surface area (Å²) < 4.78 is 9.97. The zero-order valence-electron chi connectivity index (χ0n) is 13.5. The van der Waals surface area contributed by atoms with Crippen molar-refractivity contribution in [1.29, 1.82) is 0 Å². The number of ether oxygens (including phenoxy) is 2. The van der Waals surface area contributed by atoms with Crippen LogP contribution in [0.25, 0.3) is 0 Å². The van der Waals surface area contributed by atoms with Crippen molar-refractivity contribution in [3.05, 3.63) is 0 Å². The quantitative estimate of drug-likeness (QED) is 0.258. The van der Waals surface area contributed by atoms with Crippen LogP contribution in [-0.4, -0.2) is 48.1 Å². The van der Waals surface area contributed by atoms with Gasteiger partial charge in [0.15, 0.2) is 0 Å². The summed E-state index contributed by atoms with van der Waals surface area (Å²) >= 11 is 0. The van der Waals surface area contributed by atoms with Gasteiger partial charge < -0.3 is 21.1 Å². The molecule has 2 N–H and O–H groups in total. The Labute approximate surface area is 143 Å². The van der Waals surface area contributed by atoms with Gasteiger partial charge >= 0.3 is 41.5 Å². The Balaban J connectivity index is -0.00000162. The Morgan fingerprint density at radius 2 is 1.50 bits per heavy atom. The smallest absolute Gasteiger partial charge is 1.00 e. The van der Waals surface area contributed by atoms with E-state index in [1.807, 2.05) is 0 Å². The number of rotatable bonds is 11. The monoisotopic (exact) mass is 300 g/mol. The third kappa shape index (κ3) is 14.3. The Bertz CT molecular complexity index is 265. The van der Waals surface area contributed by atoms with E-state index in [1.54, 1.807) is 6.92 Å². The maximum atomic E-state index is 11.3. The molecule has 0 spiro atoms. The van der Waals surface area contributed by atoms with Crippen molar-refractivity contribution in [3.63, 3.8) is 0 Å². The fourth-order valence-corrected chi connectivity index (χ4v) is 1.36. The van der Waals surface area contributed by atoms with Gasteiger partial charge in [-0.2, -0.15) is 0 Å². The van der Waals surface area contributed by atoms with Crippen LogP contribution in [0.3, 0.4) is 0 Å². The summed E-state index contributed by atoms with van der Waals surface area (Å²) in [4.78, 5) is 22.6. The van der Waals surface area contributed by atoms with Crippen LogP contribution in [0.5, 0.6) is 0 Å². The predicted octanol–water partition coefficient (Wildman–Crippen LogP) is -2.10. The molecule has 0 saturated heterocycles. The van der Waals surface area contributed by atoms with Gasteiger partial charge in [-0.15, -0.1) is 0 Å². The summed E-state index contributed by atoms with van der Waals surface area (Å²) in [5, 5.41) is 17.1. The van der Waals surface area contributed by atoms with Gasteiger partial charge in [-0.3, -0.25) is 9.59 Å². The largest absolute Gasteiger partial charge is 1.00 e. The van der Waals surface area contributed by atoms with Crippen molar-refractivity contribution in [3.8, 4) is 0 Å². The van der Waals surface area contributed by atoms with Crippen molar-refractivity contribution < 1.29 is 60.3 Å². The van der Waals surface area contributed by atoms with Gasteiger partial charge in [-0.25, -0.2) is 0 Å². The van der Waals surface area contributed by atoms with Crippen LogP contribution in [-0.2, 0) is 19.1 Å². The molecular weight excluding hydrogens is 275 g/mol. The summed E-state index contributed by atoms with van der Waals surface area (Å²) in [6, 6.07) is 0. The fourth-order valence-electron chi connectivity index (χ4n) is 1.36. The minimum absolute atomic E-state index is 0. The van der Waals surface area contributed by atoms with Crippen molar-refractivity contribution in [2.45, 2.75) is 51.6 Å². The molecule has 7 heteroatoms. The van der Waals surface area contributed by atoms with E-state index in [0.717, 1.165) is 0 Å². The molecule has 0 aliphatic carbocycles. The minimum Gasteiger partial charge on any atom is -1.00 e. The molecule has 0 rings (SSSR count). The first-order valence-corrected chi connectivity index (χ1v) is 6.67. The molecule has 0 aromatic carbocycles. The summed E-state index contributed by atoms with van der Waals surface area (Å²) in [5.41, 5.74) is 0. The van der Waals surface area contributed by atoms with Crippen LogP contribution in [0.4, 0.5) is 0 Å². The van der Waals surface area contributed by atoms with E-state index in [1.165, 1.54) is 0 Å². The Hall–Kier alpha value is -0.140. The van der Waals surface area contributed by atoms with Gasteiger partial charge in [0.1, 0.15) is 12.7 Å². The first-order valence-electron chi connectivity index (χ1n) is 6.67. The third-order valence-electron chi connectivity index (χ3n) is 2.39. The summed E-state index contributed by atoms with van der Waals surface area (Å²) in [5.74, 6) is -0.700. The SMILES string of the molecule is CC(COC(=O)CCCCO)OC(=O)CCCCO.[H-].[Na+]. The Morgan fingerprint density at radius 1 is 1.00 bits per heavy atom. The molecule has 0 amide bonds. The maximum absolute atomic E-state index is 11.3. The van der Waals surface area contributed by atoms with Crippen molar-refractivity contribution in [2.24, 2.45) is 0 Å². The van der Waals surface area contributed by atoms with Gasteiger partial charge in [-0.1, -0.05) is 0 Å². The number of hydrogen-bond donors (Lipinski definition) is 2. The van der Waals surface area contributed by atoms with Crippen molar-refractivity contribution in [1.82, 2.24) is 0 Å². The minimum atomic E-state index is -0.469. The van der Waals surface area contributed by atoms with E-state index in [0.29, 0.717) is 25.7 Å². The first kappa shape index (κ1) is 22.1. The molecule has 0 fully saturated rings. The second-order valence-corrected chi connectivity index (χ2v) is 4.34. The van der Waals surface area contributed by atoms with E-state index in [2.05, 4.69) is 0 Å². The molecule has 0 aromatic rings. The zero-order chi connectivity index (χ0) is 14.5. The molecule has 1 unspecified atom stereocenters. The topological polar surface area (TPSA) is 93.1 Å². The zero-order valence-corrected chi connectivity index (χ0v) is 14.5. The Kier molecular flexibility index (Phi) is 16.9. The maximum Gasteiger partial charge on any atom is 1.00 e. The standard InChI is InChI=1S/C13H24O6.Na.H/c1-11(19-13(17)7-3-5-9-15)10-18-12(16)6-2-4-8-14;;/h11,14-15H,2-10H2,1H3;;/q;+1;-1. The van der Waals surface area contributed by atoms with Gasteiger partial charge in [0, 0.05) is 26.1 Å². The molecule has 114 valence electrons. The molecule has 0 aliphatic rings. The van der Waals surface area contributed by atoms with E-state index in [9.17, 15) is 9.59 Å². The van der Waals surface area contributed by atoms with E-state index < -0.39 is 6.10 Å². The van der Waals surface area contributed by atoms with Crippen LogP contribution >= 0.6 is 0 Å². The third-order valence-corrected chi connectivity index (χ3v) is 2.39. The molecule has 20 heavy (non-hydrogen) atoms. The molecule has 0 heterocycles. The average molecular weight is 300 g/mol. The Morgan fingerprint density at radius 3 is 2.00 bits per heavy atom. The van der Waals surface area contributed by atoms with Crippen molar-refractivity contribution >= 4 is 11.9 Å². The molecule has 6 nitrogen and oxygen atoms in total. The molecule has 0 bridgehead atoms. The number of esters is 2. The number of aliphatic hydroxyl groups excluding tert-OH is 2. The second-order valence-electron chi connectivity index (χ2n) is 4.34. The number of carbonyl (C=O) groups is 2. The molecule has 0 aliphatic heterocycles. The number of aliphatic hydroxyl groups is 2. The normalized spacial score (nSPS) is 11.3. The molecule has 0 aromatic heterocycles. The number of hydrogen-bond acceptors (Lipinski definition) is 6. The first-order chi connectivity index (χ1) is 9.10. The summed E-state index contributed by atoms with van der Waals surface area (Å²) in [7, 11) is 0. The predicted molar refractivity (Wildman–Crippen MR) is 69.5 cm³/mol. The summed E-state index contributed by atoms with van der Waals surface area (Å²) in [6.45, 7) is 1.83. The average Bonchev–Trinajstić information content (AvgIpc) is 2.37. The van der Waals surface area contributed by atoms with Gasteiger partial charge in [0.25, 0.3) is 0 Å². The van der Waals surface area contributed by atoms with Gasteiger partial charge in [0.05, 0.1) is 0 Å². The number of carbonyl (C=O) groups excluding carboxylic acids is 2. The summed E-state index contributed by atoms with van der Waals surface area (Å²) in [6.07, 6.45) is 2.37. The second kappa shape index (κ2) is 15.3. The molecule has 0 saturated carbocycles. The van der Waals surface area contributed by atoms with E-state index in [4.69, 9.17) is 19.7 Å². The van der Waals surface area contributed by atoms with Gasteiger partial charge in [-0.05, 0) is 32.6 Å². The van der Waals surface area contributed by atoms with Crippen LogP contribution in [0.15, 0.2) is 0 Å². The molecular formula is C13H25NaO6.